The molecule has 154 valence electrons. The average molecular weight is 447 g/mol. The van der Waals surface area contributed by atoms with Crippen molar-refractivity contribution in [3.05, 3.63) is 28.2 Å². The lowest BCUT2D eigenvalue weighted by atomic mass is 9.97. The fraction of sp³-hybridized carbons (Fsp3) is 0.526. The van der Waals surface area contributed by atoms with Crippen LogP contribution in [0.5, 0.6) is 5.75 Å². The van der Waals surface area contributed by atoms with Crippen LogP contribution in [0, 0.1) is 5.92 Å². The standard InChI is InChI=1S/C19H24Cl2N2O4S/c1-2-26-18(25)13-7-9-23(10-8-13)19(28)22-17(24)4-3-11-27-16-6-5-14(20)12-15(16)21/h5-6,12-13H,2-4,7-11H2,1H3,(H,22,24,28). The normalized spacial score (nSPS) is 14.5. The molecule has 0 saturated carbocycles. The molecular weight excluding hydrogens is 423 g/mol. The van der Waals surface area contributed by atoms with Crippen LogP contribution in [-0.2, 0) is 14.3 Å². The summed E-state index contributed by atoms with van der Waals surface area (Å²) in [5, 5.41) is 4.11. The van der Waals surface area contributed by atoms with E-state index in [0.29, 0.717) is 66.5 Å². The van der Waals surface area contributed by atoms with Crippen LogP contribution in [-0.4, -0.2) is 48.2 Å². The van der Waals surface area contributed by atoms with Gasteiger partial charge < -0.3 is 19.7 Å². The minimum Gasteiger partial charge on any atom is -0.492 e. The summed E-state index contributed by atoms with van der Waals surface area (Å²) in [5.74, 6) is 0.124. The van der Waals surface area contributed by atoms with Crippen molar-refractivity contribution in [3.8, 4) is 5.75 Å². The van der Waals surface area contributed by atoms with E-state index in [1.54, 1.807) is 25.1 Å². The maximum Gasteiger partial charge on any atom is 0.309 e. The smallest absolute Gasteiger partial charge is 0.309 e. The molecule has 1 aromatic carbocycles. The number of carbonyl (C=O) groups excluding carboxylic acids is 2. The van der Waals surface area contributed by atoms with E-state index in [0.717, 1.165) is 0 Å². The molecule has 1 fully saturated rings. The van der Waals surface area contributed by atoms with Gasteiger partial charge in [0.1, 0.15) is 5.75 Å². The zero-order valence-electron chi connectivity index (χ0n) is 15.7. The number of ether oxygens (including phenoxy) is 2. The van der Waals surface area contributed by atoms with Crippen molar-refractivity contribution in [1.82, 2.24) is 10.2 Å². The number of carbonyl (C=O) groups is 2. The number of nitrogens with one attached hydrogen (secondary N) is 1. The molecule has 1 aliphatic heterocycles. The van der Waals surface area contributed by atoms with Gasteiger partial charge in [-0.15, -0.1) is 0 Å². The summed E-state index contributed by atoms with van der Waals surface area (Å²) in [5.41, 5.74) is 0. The Labute approximate surface area is 180 Å². The van der Waals surface area contributed by atoms with E-state index in [2.05, 4.69) is 5.32 Å². The number of likely N-dealkylation sites (tertiary alicyclic amines) is 1. The van der Waals surface area contributed by atoms with E-state index in [-0.39, 0.29) is 24.2 Å². The predicted octanol–water partition coefficient (Wildman–Crippen LogP) is 3.83. The number of esters is 1. The molecule has 9 heteroatoms. The van der Waals surface area contributed by atoms with Crippen molar-refractivity contribution in [1.29, 1.82) is 0 Å². The summed E-state index contributed by atoms with van der Waals surface area (Å²) >= 11 is 17.2. The van der Waals surface area contributed by atoms with Gasteiger partial charge in [0.2, 0.25) is 5.91 Å². The molecule has 0 aliphatic carbocycles. The Kier molecular flexibility index (Phi) is 9.28. The minimum absolute atomic E-state index is 0.0912. The molecule has 6 nitrogen and oxygen atoms in total. The fourth-order valence-electron chi connectivity index (χ4n) is 2.85. The second kappa shape index (κ2) is 11.4. The molecule has 1 aromatic rings. The van der Waals surface area contributed by atoms with E-state index < -0.39 is 0 Å². The zero-order chi connectivity index (χ0) is 20.5. The average Bonchev–Trinajstić information content (AvgIpc) is 2.67. The van der Waals surface area contributed by atoms with Gasteiger partial charge in [-0.25, -0.2) is 0 Å². The molecule has 2 rings (SSSR count). The van der Waals surface area contributed by atoms with Gasteiger partial charge in [0, 0.05) is 24.5 Å². The Morgan fingerprint density at radius 3 is 2.64 bits per heavy atom. The Morgan fingerprint density at radius 2 is 2.00 bits per heavy atom. The highest BCUT2D eigenvalue weighted by atomic mass is 35.5. The maximum atomic E-state index is 12.1. The first-order valence-corrected chi connectivity index (χ1v) is 10.4. The maximum absolute atomic E-state index is 12.1. The summed E-state index contributed by atoms with van der Waals surface area (Å²) in [6, 6.07) is 4.99. The van der Waals surface area contributed by atoms with E-state index >= 15 is 0 Å². The molecule has 1 amide bonds. The first-order valence-electron chi connectivity index (χ1n) is 9.24. The van der Waals surface area contributed by atoms with Crippen LogP contribution >= 0.6 is 35.4 Å². The molecule has 0 radical (unpaired) electrons. The summed E-state index contributed by atoms with van der Waals surface area (Å²) in [4.78, 5) is 25.8. The second-order valence-corrected chi connectivity index (χ2v) is 7.62. The third kappa shape index (κ3) is 7.11. The van der Waals surface area contributed by atoms with Gasteiger partial charge in [0.05, 0.1) is 24.2 Å². The largest absolute Gasteiger partial charge is 0.492 e. The van der Waals surface area contributed by atoms with Gasteiger partial charge >= 0.3 is 5.97 Å². The molecule has 0 unspecified atom stereocenters. The predicted molar refractivity (Wildman–Crippen MR) is 113 cm³/mol. The fourth-order valence-corrected chi connectivity index (χ4v) is 3.61. The van der Waals surface area contributed by atoms with Crippen molar-refractivity contribution < 1.29 is 19.1 Å². The first-order chi connectivity index (χ1) is 13.4. The third-order valence-electron chi connectivity index (χ3n) is 4.35. The van der Waals surface area contributed by atoms with Gasteiger partial charge in [-0.1, -0.05) is 23.2 Å². The Hall–Kier alpha value is -1.57. The van der Waals surface area contributed by atoms with Gasteiger partial charge in [0.25, 0.3) is 0 Å². The van der Waals surface area contributed by atoms with Gasteiger partial charge in [-0.2, -0.15) is 0 Å². The highest BCUT2D eigenvalue weighted by Gasteiger charge is 2.27. The molecule has 0 aromatic heterocycles. The number of benzene rings is 1. The van der Waals surface area contributed by atoms with Crippen molar-refractivity contribution in [2.45, 2.75) is 32.6 Å². The van der Waals surface area contributed by atoms with Crippen LogP contribution in [0.15, 0.2) is 18.2 Å². The number of thiocarbonyl (C=S) groups is 1. The Morgan fingerprint density at radius 1 is 1.29 bits per heavy atom. The monoisotopic (exact) mass is 446 g/mol. The van der Waals surface area contributed by atoms with Crippen molar-refractivity contribution in [2.24, 2.45) is 5.92 Å². The van der Waals surface area contributed by atoms with Gasteiger partial charge in [0.15, 0.2) is 5.11 Å². The summed E-state index contributed by atoms with van der Waals surface area (Å²) in [7, 11) is 0. The van der Waals surface area contributed by atoms with Crippen LogP contribution < -0.4 is 10.1 Å². The van der Waals surface area contributed by atoms with E-state index in [9.17, 15) is 9.59 Å². The minimum atomic E-state index is -0.164. The lowest BCUT2D eigenvalue weighted by Gasteiger charge is -2.32. The molecule has 0 spiro atoms. The third-order valence-corrected chi connectivity index (χ3v) is 5.24. The number of hydrogen-bond acceptors (Lipinski definition) is 5. The first kappa shape index (κ1) is 22.7. The molecule has 1 N–H and O–H groups in total. The molecule has 1 aliphatic rings. The number of piperidine rings is 1. The summed E-state index contributed by atoms with van der Waals surface area (Å²) in [6.07, 6.45) is 2.15. The molecule has 0 bridgehead atoms. The van der Waals surface area contributed by atoms with Crippen LogP contribution in [0.3, 0.4) is 0 Å². The van der Waals surface area contributed by atoms with Crippen LogP contribution in [0.1, 0.15) is 32.6 Å². The van der Waals surface area contributed by atoms with E-state index in [1.807, 2.05) is 4.90 Å². The van der Waals surface area contributed by atoms with E-state index in [4.69, 9.17) is 44.9 Å². The van der Waals surface area contributed by atoms with Crippen LogP contribution in [0.2, 0.25) is 10.0 Å². The highest BCUT2D eigenvalue weighted by Crippen LogP contribution is 2.27. The molecule has 0 atom stereocenters. The molecular formula is C19H24Cl2N2O4S. The number of amides is 1. The van der Waals surface area contributed by atoms with Crippen LogP contribution in [0.25, 0.3) is 0 Å². The van der Waals surface area contributed by atoms with Crippen molar-refractivity contribution in [2.75, 3.05) is 26.3 Å². The summed E-state index contributed by atoms with van der Waals surface area (Å²) in [6.45, 7) is 3.79. The quantitative estimate of drug-likeness (QED) is 0.389. The van der Waals surface area contributed by atoms with Crippen LogP contribution in [0.4, 0.5) is 0 Å². The molecule has 1 saturated heterocycles. The van der Waals surface area contributed by atoms with Gasteiger partial charge in [-0.3, -0.25) is 9.59 Å². The molecule has 1 heterocycles. The topological polar surface area (TPSA) is 67.9 Å². The zero-order valence-corrected chi connectivity index (χ0v) is 18.0. The summed E-state index contributed by atoms with van der Waals surface area (Å²) < 4.78 is 10.6. The SMILES string of the molecule is CCOC(=O)C1CCN(C(=S)NC(=O)CCCOc2ccc(Cl)cc2Cl)CC1. The number of rotatable bonds is 7. The van der Waals surface area contributed by atoms with Gasteiger partial charge in [-0.05, 0) is 56.6 Å². The highest BCUT2D eigenvalue weighted by molar-refractivity contribution is 7.80. The lowest BCUT2D eigenvalue weighted by molar-refractivity contribution is -0.149. The van der Waals surface area contributed by atoms with Crippen molar-refractivity contribution in [3.63, 3.8) is 0 Å². The second-order valence-electron chi connectivity index (χ2n) is 6.39. The Bertz CT molecular complexity index is 709. The molecule has 28 heavy (non-hydrogen) atoms. The number of hydrogen-bond donors (Lipinski definition) is 1. The number of nitrogens with zero attached hydrogens (tertiary/aromatic N) is 1. The van der Waals surface area contributed by atoms with Crippen molar-refractivity contribution >= 4 is 52.4 Å². The Balaban J connectivity index is 1.65. The number of halogens is 2. The van der Waals surface area contributed by atoms with E-state index in [1.165, 1.54) is 0 Å². The lowest BCUT2D eigenvalue weighted by Crippen LogP contribution is -2.47.